The summed E-state index contributed by atoms with van der Waals surface area (Å²) in [5.41, 5.74) is -0.677. The van der Waals surface area contributed by atoms with E-state index in [0.717, 1.165) is 58.2 Å². The van der Waals surface area contributed by atoms with Gasteiger partial charge in [-0.1, -0.05) is 12.8 Å². The fourth-order valence-electron chi connectivity index (χ4n) is 4.31. The molecule has 3 aliphatic rings. The Morgan fingerprint density at radius 1 is 1.29 bits per heavy atom. The molecule has 1 aliphatic carbocycles. The highest BCUT2D eigenvalue weighted by atomic mass is 16.2. The van der Waals surface area contributed by atoms with E-state index in [9.17, 15) is 14.4 Å². The number of imide groups is 1. The van der Waals surface area contributed by atoms with Crippen LogP contribution in [0.3, 0.4) is 0 Å². The van der Waals surface area contributed by atoms with Crippen LogP contribution in [0.15, 0.2) is 0 Å². The second kappa shape index (κ2) is 7.09. The summed E-state index contributed by atoms with van der Waals surface area (Å²) >= 11 is 0. The molecule has 0 bridgehead atoms. The van der Waals surface area contributed by atoms with Crippen LogP contribution in [0, 0.1) is 5.92 Å². The van der Waals surface area contributed by atoms with Gasteiger partial charge in [0.05, 0.1) is 0 Å². The fourth-order valence-corrected chi connectivity index (χ4v) is 4.31. The molecule has 0 aromatic rings. The molecular weight excluding hydrogens is 308 g/mol. The number of hydrogen-bond acceptors (Lipinski definition) is 4. The lowest BCUT2D eigenvalue weighted by atomic mass is 9.97. The summed E-state index contributed by atoms with van der Waals surface area (Å²) in [7, 11) is 1.93. The maximum absolute atomic E-state index is 12.6. The van der Waals surface area contributed by atoms with E-state index in [0.29, 0.717) is 5.92 Å². The summed E-state index contributed by atoms with van der Waals surface area (Å²) in [6.45, 7) is 2.66. The zero-order valence-electron chi connectivity index (χ0n) is 14.5. The van der Waals surface area contributed by atoms with Crippen LogP contribution in [-0.2, 0) is 9.59 Å². The Morgan fingerprint density at radius 2 is 2.04 bits per heavy atom. The van der Waals surface area contributed by atoms with Gasteiger partial charge in [0, 0.05) is 26.1 Å². The van der Waals surface area contributed by atoms with Crippen LogP contribution in [0.25, 0.3) is 0 Å². The molecular formula is C17H28N4O3. The number of amides is 4. The molecule has 2 aliphatic heterocycles. The van der Waals surface area contributed by atoms with E-state index in [1.54, 1.807) is 0 Å². The quantitative estimate of drug-likeness (QED) is 0.724. The van der Waals surface area contributed by atoms with Crippen LogP contribution in [0.5, 0.6) is 0 Å². The maximum atomic E-state index is 12.6. The van der Waals surface area contributed by atoms with Crippen molar-refractivity contribution in [2.24, 2.45) is 5.92 Å². The molecule has 1 spiro atoms. The molecule has 2 N–H and O–H groups in total. The first-order valence-corrected chi connectivity index (χ1v) is 9.12. The molecule has 134 valence electrons. The third-order valence-electron chi connectivity index (χ3n) is 5.62. The first-order chi connectivity index (χ1) is 11.6. The molecule has 1 atom stereocenters. The van der Waals surface area contributed by atoms with E-state index >= 15 is 0 Å². The number of carbonyl (C=O) groups excluding carboxylic acids is 3. The van der Waals surface area contributed by atoms with Crippen LogP contribution < -0.4 is 10.6 Å². The molecule has 0 aromatic carbocycles. The first-order valence-electron chi connectivity index (χ1n) is 9.12. The fraction of sp³-hybridized carbons (Fsp3) is 0.824. The van der Waals surface area contributed by atoms with E-state index < -0.39 is 5.54 Å². The van der Waals surface area contributed by atoms with Crippen LogP contribution in [0.4, 0.5) is 4.79 Å². The van der Waals surface area contributed by atoms with Gasteiger partial charge in [-0.3, -0.25) is 14.5 Å². The summed E-state index contributed by atoms with van der Waals surface area (Å²) in [5, 5.41) is 6.03. The number of rotatable bonds is 5. The van der Waals surface area contributed by atoms with Crippen molar-refractivity contribution in [2.75, 3.05) is 33.2 Å². The van der Waals surface area contributed by atoms with Gasteiger partial charge < -0.3 is 15.5 Å². The van der Waals surface area contributed by atoms with Crippen molar-refractivity contribution in [3.05, 3.63) is 0 Å². The predicted molar refractivity (Wildman–Crippen MR) is 89.3 cm³/mol. The van der Waals surface area contributed by atoms with Gasteiger partial charge in [-0.2, -0.15) is 0 Å². The van der Waals surface area contributed by atoms with E-state index in [4.69, 9.17) is 0 Å². The third kappa shape index (κ3) is 3.27. The van der Waals surface area contributed by atoms with Gasteiger partial charge in [-0.25, -0.2) is 4.79 Å². The maximum Gasteiger partial charge on any atom is 0.325 e. The summed E-state index contributed by atoms with van der Waals surface area (Å²) in [5.74, 6) is 0.402. The Labute approximate surface area is 143 Å². The van der Waals surface area contributed by atoms with Gasteiger partial charge in [0.15, 0.2) is 0 Å². The number of likely N-dealkylation sites (tertiary alicyclic amines) is 1. The van der Waals surface area contributed by atoms with Crippen molar-refractivity contribution in [3.63, 3.8) is 0 Å². The van der Waals surface area contributed by atoms with Crippen molar-refractivity contribution in [1.29, 1.82) is 0 Å². The summed E-state index contributed by atoms with van der Waals surface area (Å²) < 4.78 is 0. The highest BCUT2D eigenvalue weighted by Crippen LogP contribution is 2.35. The van der Waals surface area contributed by atoms with Crippen molar-refractivity contribution in [2.45, 2.75) is 50.5 Å². The van der Waals surface area contributed by atoms with Gasteiger partial charge in [0.25, 0.3) is 5.91 Å². The lowest BCUT2D eigenvalue weighted by molar-refractivity contribution is -0.134. The molecule has 0 aromatic heterocycles. The van der Waals surface area contributed by atoms with Crippen molar-refractivity contribution in [3.8, 4) is 0 Å². The summed E-state index contributed by atoms with van der Waals surface area (Å²) in [6, 6.07) is -0.332. The number of piperidine rings is 1. The molecule has 3 rings (SSSR count). The Morgan fingerprint density at radius 3 is 2.75 bits per heavy atom. The normalized spacial score (nSPS) is 26.3. The molecule has 0 unspecified atom stereocenters. The smallest absolute Gasteiger partial charge is 0.325 e. The summed E-state index contributed by atoms with van der Waals surface area (Å²) in [4.78, 5) is 40.3. The lowest BCUT2D eigenvalue weighted by Crippen LogP contribution is -2.45. The average molecular weight is 336 g/mol. The van der Waals surface area contributed by atoms with E-state index in [-0.39, 0.29) is 30.8 Å². The average Bonchev–Trinajstić information content (AvgIpc) is 3.13. The monoisotopic (exact) mass is 336 g/mol. The minimum absolute atomic E-state index is 0.0452. The molecule has 7 heteroatoms. The zero-order valence-corrected chi connectivity index (χ0v) is 14.5. The molecule has 2 heterocycles. The van der Waals surface area contributed by atoms with Gasteiger partial charge in [0.2, 0.25) is 5.91 Å². The topological polar surface area (TPSA) is 81.8 Å². The second-order valence-corrected chi connectivity index (χ2v) is 7.33. The standard InChI is InChI=1S/C17H28N4O3/c1-18-11-13-5-4-9-20(12-13)14(22)6-10-21-15(23)17(19-16(21)24)7-2-3-8-17/h13,18H,2-12H2,1H3,(H,19,24)/t13-/m0/s1. The number of hydrogen-bond donors (Lipinski definition) is 2. The van der Waals surface area contributed by atoms with Crippen molar-refractivity contribution >= 4 is 17.8 Å². The van der Waals surface area contributed by atoms with Gasteiger partial charge in [-0.05, 0) is 45.2 Å². The van der Waals surface area contributed by atoms with E-state index in [2.05, 4.69) is 10.6 Å². The molecule has 0 radical (unpaired) electrons. The van der Waals surface area contributed by atoms with Crippen LogP contribution >= 0.6 is 0 Å². The number of carbonyl (C=O) groups is 3. The van der Waals surface area contributed by atoms with Crippen molar-refractivity contribution in [1.82, 2.24) is 20.4 Å². The van der Waals surface area contributed by atoms with Crippen LogP contribution in [0.2, 0.25) is 0 Å². The second-order valence-electron chi connectivity index (χ2n) is 7.33. The van der Waals surface area contributed by atoms with E-state index in [1.165, 1.54) is 4.90 Å². The Hall–Kier alpha value is -1.63. The SMILES string of the molecule is CNC[C@@H]1CCCN(C(=O)CCN2C(=O)NC3(CCCC3)C2=O)C1. The number of nitrogens with one attached hydrogen (secondary N) is 2. The minimum Gasteiger partial charge on any atom is -0.342 e. The van der Waals surface area contributed by atoms with Crippen molar-refractivity contribution < 1.29 is 14.4 Å². The molecule has 24 heavy (non-hydrogen) atoms. The largest absolute Gasteiger partial charge is 0.342 e. The Balaban J connectivity index is 1.52. The highest BCUT2D eigenvalue weighted by molar-refractivity contribution is 6.07. The first kappa shape index (κ1) is 17.2. The van der Waals surface area contributed by atoms with Gasteiger partial charge in [-0.15, -0.1) is 0 Å². The lowest BCUT2D eigenvalue weighted by Gasteiger charge is -2.33. The molecule has 2 saturated heterocycles. The number of urea groups is 1. The zero-order chi connectivity index (χ0) is 17.2. The molecule has 1 saturated carbocycles. The summed E-state index contributed by atoms with van der Waals surface area (Å²) in [6.07, 6.45) is 5.77. The molecule has 4 amide bonds. The predicted octanol–water partition coefficient (Wildman–Crippen LogP) is 0.699. The van der Waals surface area contributed by atoms with Crippen LogP contribution in [-0.4, -0.2) is 66.4 Å². The number of nitrogens with zero attached hydrogens (tertiary/aromatic N) is 2. The third-order valence-corrected chi connectivity index (χ3v) is 5.62. The minimum atomic E-state index is -0.677. The Kier molecular flexibility index (Phi) is 5.08. The molecule has 7 nitrogen and oxygen atoms in total. The molecule has 3 fully saturated rings. The Bertz CT molecular complexity index is 514. The highest BCUT2D eigenvalue weighted by Gasteiger charge is 2.52. The van der Waals surface area contributed by atoms with Crippen LogP contribution in [0.1, 0.15) is 44.9 Å². The van der Waals surface area contributed by atoms with Gasteiger partial charge in [0.1, 0.15) is 5.54 Å². The van der Waals surface area contributed by atoms with E-state index in [1.807, 2.05) is 11.9 Å². The van der Waals surface area contributed by atoms with Gasteiger partial charge >= 0.3 is 6.03 Å².